The maximum absolute atomic E-state index is 8.06. The van der Waals surface area contributed by atoms with Crippen LogP contribution in [-0.4, -0.2) is 33.6 Å². The van der Waals surface area contributed by atoms with Crippen molar-refractivity contribution >= 4 is 25.8 Å². The number of hydrogen-bond donors (Lipinski definition) is 3. The van der Waals surface area contributed by atoms with E-state index in [1.807, 2.05) is 7.05 Å². The van der Waals surface area contributed by atoms with Crippen LogP contribution in [0.5, 0.6) is 0 Å². The molecule has 0 saturated carbocycles. The van der Waals surface area contributed by atoms with Crippen LogP contribution in [0.25, 0.3) is 0 Å². The standard InChI is InChI=1S/C14H25N7OSi/c1-14(2,3)23(5,6)22-19-12-11(9-17-20(12)4)18-13(15)21-8-7-16-10-21/h7-10,19H,1-6H3,(H2,15,18). The van der Waals surface area contributed by atoms with Crippen LogP contribution in [0.15, 0.2) is 24.9 Å². The lowest BCUT2D eigenvalue weighted by molar-refractivity contribution is 0.360. The molecule has 0 unspecified atom stereocenters. The number of nitrogens with zero attached hydrogens (tertiary/aromatic N) is 4. The van der Waals surface area contributed by atoms with Gasteiger partial charge in [-0.15, -0.1) is 0 Å². The van der Waals surface area contributed by atoms with E-state index in [0.717, 1.165) is 0 Å². The first-order valence-electron chi connectivity index (χ1n) is 7.42. The van der Waals surface area contributed by atoms with Gasteiger partial charge in [-0.1, -0.05) is 20.8 Å². The zero-order valence-electron chi connectivity index (χ0n) is 14.5. The van der Waals surface area contributed by atoms with Crippen LogP contribution in [0.3, 0.4) is 0 Å². The van der Waals surface area contributed by atoms with E-state index >= 15 is 0 Å². The fourth-order valence-electron chi connectivity index (χ4n) is 1.56. The highest BCUT2D eigenvalue weighted by molar-refractivity contribution is 6.74. The number of hydrogen-bond acceptors (Lipinski definition) is 5. The van der Waals surface area contributed by atoms with Crippen molar-refractivity contribution < 1.29 is 4.53 Å². The van der Waals surface area contributed by atoms with Crippen LogP contribution in [-0.2, 0) is 11.6 Å². The first-order chi connectivity index (χ1) is 10.6. The van der Waals surface area contributed by atoms with Gasteiger partial charge in [0, 0.05) is 19.4 Å². The van der Waals surface area contributed by atoms with Crippen molar-refractivity contribution in [2.45, 2.75) is 38.9 Å². The Morgan fingerprint density at radius 1 is 1.35 bits per heavy atom. The molecule has 0 saturated heterocycles. The average Bonchev–Trinajstić information content (AvgIpc) is 3.06. The number of aryl methyl sites for hydroxylation is 1. The van der Waals surface area contributed by atoms with Crippen LogP contribution in [0.4, 0.5) is 11.5 Å². The Morgan fingerprint density at radius 3 is 2.61 bits per heavy atom. The Hall–Kier alpha value is -2.13. The van der Waals surface area contributed by atoms with Crippen LogP contribution in [0.2, 0.25) is 18.1 Å². The van der Waals surface area contributed by atoms with E-state index in [4.69, 9.17) is 9.94 Å². The summed E-state index contributed by atoms with van der Waals surface area (Å²) in [4.78, 5) is 3.93. The number of nitrogens with one attached hydrogen (secondary N) is 3. The number of aromatic nitrogens is 4. The first-order valence-corrected chi connectivity index (χ1v) is 10.3. The number of imidazole rings is 1. The highest BCUT2D eigenvalue weighted by atomic mass is 28.4. The first kappa shape index (κ1) is 17.2. The van der Waals surface area contributed by atoms with Crippen molar-refractivity contribution in [3.63, 3.8) is 0 Å². The van der Waals surface area contributed by atoms with E-state index in [9.17, 15) is 0 Å². The smallest absolute Gasteiger partial charge is 0.228 e. The van der Waals surface area contributed by atoms with E-state index in [1.54, 1.807) is 34.2 Å². The second-order valence-electron chi connectivity index (χ2n) is 6.94. The molecule has 0 spiro atoms. The zero-order valence-corrected chi connectivity index (χ0v) is 15.5. The quantitative estimate of drug-likeness (QED) is 0.346. The maximum Gasteiger partial charge on any atom is 0.228 e. The molecule has 2 aromatic heterocycles. The third-order valence-corrected chi connectivity index (χ3v) is 8.39. The second kappa shape index (κ2) is 6.17. The van der Waals surface area contributed by atoms with Gasteiger partial charge in [0.05, 0.1) is 6.20 Å². The summed E-state index contributed by atoms with van der Waals surface area (Å²) in [5.41, 5.74) is 3.71. The Kier molecular flexibility index (Phi) is 4.62. The lowest BCUT2D eigenvalue weighted by Crippen LogP contribution is -2.42. The van der Waals surface area contributed by atoms with Gasteiger partial charge in [0.2, 0.25) is 14.3 Å². The summed E-state index contributed by atoms with van der Waals surface area (Å²) in [5, 5.41) is 15.4. The Balaban J connectivity index is 2.12. The number of anilines is 2. The summed E-state index contributed by atoms with van der Waals surface area (Å²) in [7, 11) is -0.126. The van der Waals surface area contributed by atoms with Gasteiger partial charge in [0.1, 0.15) is 12.0 Å². The van der Waals surface area contributed by atoms with Gasteiger partial charge in [-0.05, 0) is 18.1 Å². The normalized spacial score (nSPS) is 12.3. The minimum Gasteiger partial charge on any atom is -0.321 e. The van der Waals surface area contributed by atoms with Crippen molar-refractivity contribution in [1.29, 1.82) is 5.41 Å². The highest BCUT2D eigenvalue weighted by Crippen LogP contribution is 2.37. The highest BCUT2D eigenvalue weighted by Gasteiger charge is 2.38. The molecule has 0 atom stereocenters. The summed E-state index contributed by atoms with van der Waals surface area (Å²) in [6, 6.07) is 0. The topological polar surface area (TPSA) is 92.8 Å². The van der Waals surface area contributed by atoms with Gasteiger partial charge in [0.15, 0.2) is 5.82 Å². The Bertz CT molecular complexity index is 670. The molecule has 3 N–H and O–H groups in total. The zero-order chi connectivity index (χ0) is 17.3. The maximum atomic E-state index is 8.06. The molecular weight excluding hydrogens is 310 g/mol. The third-order valence-electron chi connectivity index (χ3n) is 4.16. The minimum absolute atomic E-state index is 0.0930. The molecule has 0 aliphatic carbocycles. The van der Waals surface area contributed by atoms with Crippen LogP contribution in [0.1, 0.15) is 20.8 Å². The summed E-state index contributed by atoms with van der Waals surface area (Å²) in [6.07, 6.45) is 6.54. The second-order valence-corrected chi connectivity index (χ2v) is 11.7. The van der Waals surface area contributed by atoms with E-state index in [-0.39, 0.29) is 11.0 Å². The van der Waals surface area contributed by atoms with Gasteiger partial charge in [-0.2, -0.15) is 5.10 Å². The lowest BCUT2D eigenvalue weighted by Gasteiger charge is -2.35. The molecule has 8 nitrogen and oxygen atoms in total. The van der Waals surface area contributed by atoms with Crippen LogP contribution in [0, 0.1) is 5.41 Å². The van der Waals surface area contributed by atoms with E-state index < -0.39 is 8.32 Å². The van der Waals surface area contributed by atoms with Crippen LogP contribution >= 0.6 is 0 Å². The molecule has 2 rings (SSSR count). The van der Waals surface area contributed by atoms with E-state index in [0.29, 0.717) is 11.5 Å². The molecule has 0 aliphatic rings. The van der Waals surface area contributed by atoms with Gasteiger partial charge < -0.3 is 9.84 Å². The molecule has 0 bridgehead atoms. The summed E-state index contributed by atoms with van der Waals surface area (Å²) in [5.74, 6) is 0.866. The predicted molar refractivity (Wildman–Crippen MR) is 94.1 cm³/mol. The van der Waals surface area contributed by atoms with Crippen LogP contribution < -0.4 is 10.8 Å². The van der Waals surface area contributed by atoms with Gasteiger partial charge in [-0.3, -0.25) is 15.5 Å². The molecule has 0 amide bonds. The monoisotopic (exact) mass is 335 g/mol. The van der Waals surface area contributed by atoms with Crippen molar-refractivity contribution in [2.24, 2.45) is 7.05 Å². The molecule has 0 aromatic carbocycles. The van der Waals surface area contributed by atoms with E-state index in [2.05, 4.69) is 54.7 Å². The minimum atomic E-state index is -1.95. The fourth-order valence-corrected chi connectivity index (χ4v) is 2.22. The lowest BCUT2D eigenvalue weighted by atomic mass is 10.2. The Labute approximate surface area is 137 Å². The molecular formula is C14H25N7OSi. The van der Waals surface area contributed by atoms with Gasteiger partial charge >= 0.3 is 0 Å². The van der Waals surface area contributed by atoms with Gasteiger partial charge in [0.25, 0.3) is 0 Å². The van der Waals surface area contributed by atoms with Crippen molar-refractivity contribution in [2.75, 3.05) is 10.8 Å². The molecule has 0 radical (unpaired) electrons. The fraction of sp³-hybridized carbons (Fsp3) is 0.500. The molecule has 0 aliphatic heterocycles. The molecule has 126 valence electrons. The molecule has 23 heavy (non-hydrogen) atoms. The van der Waals surface area contributed by atoms with Crippen molar-refractivity contribution in [3.8, 4) is 0 Å². The third kappa shape index (κ3) is 3.80. The summed E-state index contributed by atoms with van der Waals surface area (Å²) >= 11 is 0. The van der Waals surface area contributed by atoms with Gasteiger partial charge in [-0.25, -0.2) is 9.67 Å². The average molecular weight is 335 g/mol. The van der Waals surface area contributed by atoms with E-state index in [1.165, 1.54) is 0 Å². The summed E-state index contributed by atoms with van der Waals surface area (Å²) < 4.78 is 9.28. The predicted octanol–water partition coefficient (Wildman–Crippen LogP) is 2.86. The molecule has 0 fully saturated rings. The van der Waals surface area contributed by atoms with Crippen molar-refractivity contribution in [3.05, 3.63) is 24.9 Å². The Morgan fingerprint density at radius 2 is 2.04 bits per heavy atom. The largest absolute Gasteiger partial charge is 0.321 e. The SMILES string of the molecule is Cn1ncc(NC(=N)n2ccnc2)c1NO[Si](C)(C)C(C)(C)C. The summed E-state index contributed by atoms with van der Waals surface area (Å²) in [6.45, 7) is 10.9. The molecule has 9 heteroatoms. The van der Waals surface area contributed by atoms with Crippen molar-refractivity contribution in [1.82, 2.24) is 19.3 Å². The number of rotatable bonds is 4. The molecule has 2 aromatic rings. The molecule has 2 heterocycles.